The Hall–Kier alpha value is -2.23. The SMILES string of the molecule is Cc1nn(CC(=O)NCCCN2CCN(C)CC2)c(=O)c2cc3sccc3n12. The summed E-state index contributed by atoms with van der Waals surface area (Å²) in [5, 5.41) is 9.26. The third kappa shape index (κ3) is 3.82. The largest absolute Gasteiger partial charge is 0.354 e. The molecule has 0 unspecified atom stereocenters. The summed E-state index contributed by atoms with van der Waals surface area (Å²) >= 11 is 1.59. The number of carbonyl (C=O) groups is 1. The zero-order valence-electron chi connectivity index (χ0n) is 16.3. The molecule has 0 bridgehead atoms. The van der Waals surface area contributed by atoms with Crippen LogP contribution in [0.5, 0.6) is 0 Å². The summed E-state index contributed by atoms with van der Waals surface area (Å²) < 4.78 is 4.18. The Balaban J connectivity index is 1.35. The average molecular weight is 403 g/mol. The van der Waals surface area contributed by atoms with Crippen molar-refractivity contribution in [2.45, 2.75) is 19.9 Å². The second kappa shape index (κ2) is 8.02. The molecular weight excluding hydrogens is 376 g/mol. The Bertz CT molecular complexity index is 1040. The monoisotopic (exact) mass is 402 g/mol. The predicted molar refractivity (Wildman–Crippen MR) is 111 cm³/mol. The molecule has 150 valence electrons. The summed E-state index contributed by atoms with van der Waals surface area (Å²) in [4.78, 5) is 29.8. The highest BCUT2D eigenvalue weighted by molar-refractivity contribution is 7.17. The van der Waals surface area contributed by atoms with E-state index in [1.807, 2.05) is 28.8 Å². The lowest BCUT2D eigenvalue weighted by atomic mass is 10.3. The fourth-order valence-corrected chi connectivity index (χ4v) is 4.53. The smallest absolute Gasteiger partial charge is 0.291 e. The molecule has 0 atom stereocenters. The fourth-order valence-electron chi connectivity index (χ4n) is 3.73. The predicted octanol–water partition coefficient (Wildman–Crippen LogP) is 0.773. The van der Waals surface area contributed by atoms with Crippen molar-refractivity contribution >= 4 is 33.0 Å². The molecule has 4 rings (SSSR count). The molecule has 3 aromatic heterocycles. The molecule has 1 aliphatic rings. The van der Waals surface area contributed by atoms with Gasteiger partial charge in [0.05, 0.1) is 10.2 Å². The molecule has 0 saturated carbocycles. The van der Waals surface area contributed by atoms with Crippen LogP contribution < -0.4 is 10.9 Å². The second-order valence-electron chi connectivity index (χ2n) is 7.39. The number of rotatable bonds is 6. The zero-order chi connectivity index (χ0) is 19.7. The number of fused-ring (bicyclic) bond motifs is 3. The molecule has 1 aliphatic heterocycles. The van der Waals surface area contributed by atoms with Crippen LogP contribution in [0.3, 0.4) is 0 Å². The van der Waals surface area contributed by atoms with E-state index < -0.39 is 0 Å². The third-order valence-corrected chi connectivity index (χ3v) is 6.18. The van der Waals surface area contributed by atoms with Gasteiger partial charge in [-0.2, -0.15) is 5.10 Å². The highest BCUT2D eigenvalue weighted by Gasteiger charge is 2.15. The van der Waals surface area contributed by atoms with Gasteiger partial charge in [0.25, 0.3) is 5.56 Å². The summed E-state index contributed by atoms with van der Waals surface area (Å²) in [6.45, 7) is 7.76. The van der Waals surface area contributed by atoms with Crippen LogP contribution in [0, 0.1) is 6.92 Å². The van der Waals surface area contributed by atoms with E-state index >= 15 is 0 Å². The first-order chi connectivity index (χ1) is 13.5. The van der Waals surface area contributed by atoms with Crippen LogP contribution in [0.4, 0.5) is 0 Å². The number of hydrogen-bond donors (Lipinski definition) is 1. The molecule has 1 amide bonds. The van der Waals surface area contributed by atoms with E-state index in [2.05, 4.69) is 27.3 Å². The first-order valence-corrected chi connectivity index (χ1v) is 10.5. The standard InChI is InChI=1S/C19H26N6O2S/c1-14-21-24(19(27)16-12-17-15(25(14)16)4-11-28-17)13-18(26)20-5-3-6-23-9-7-22(2)8-10-23/h4,11-12H,3,5-10,13H2,1-2H3,(H,20,26). The van der Waals surface area contributed by atoms with Gasteiger partial charge in [0.2, 0.25) is 5.91 Å². The summed E-state index contributed by atoms with van der Waals surface area (Å²) in [5.41, 5.74) is 1.32. The number of thiophene rings is 1. The van der Waals surface area contributed by atoms with Crippen LogP contribution in [-0.4, -0.2) is 76.2 Å². The van der Waals surface area contributed by atoms with E-state index in [0.29, 0.717) is 17.9 Å². The Morgan fingerprint density at radius 2 is 2.04 bits per heavy atom. The molecule has 0 radical (unpaired) electrons. The van der Waals surface area contributed by atoms with E-state index in [9.17, 15) is 9.59 Å². The van der Waals surface area contributed by atoms with Crippen LogP contribution in [0.1, 0.15) is 12.2 Å². The van der Waals surface area contributed by atoms with Gasteiger partial charge in [0.15, 0.2) is 0 Å². The lowest BCUT2D eigenvalue weighted by Gasteiger charge is -2.32. The minimum atomic E-state index is -0.235. The molecule has 1 N–H and O–H groups in total. The summed E-state index contributed by atoms with van der Waals surface area (Å²) in [5.74, 6) is 0.524. The van der Waals surface area contributed by atoms with Gasteiger partial charge in [-0.05, 0) is 44.4 Å². The highest BCUT2D eigenvalue weighted by atomic mass is 32.1. The van der Waals surface area contributed by atoms with E-state index in [4.69, 9.17) is 0 Å². The Morgan fingerprint density at radius 1 is 1.25 bits per heavy atom. The normalized spacial score (nSPS) is 16.2. The highest BCUT2D eigenvalue weighted by Crippen LogP contribution is 2.24. The number of nitrogens with one attached hydrogen (secondary N) is 1. The van der Waals surface area contributed by atoms with Crippen molar-refractivity contribution in [1.29, 1.82) is 0 Å². The van der Waals surface area contributed by atoms with E-state index in [1.54, 1.807) is 11.3 Å². The van der Waals surface area contributed by atoms with E-state index in [-0.39, 0.29) is 18.0 Å². The lowest BCUT2D eigenvalue weighted by Crippen LogP contribution is -2.45. The van der Waals surface area contributed by atoms with Gasteiger partial charge in [-0.25, -0.2) is 4.68 Å². The molecule has 8 nitrogen and oxygen atoms in total. The van der Waals surface area contributed by atoms with Gasteiger partial charge in [0, 0.05) is 32.7 Å². The number of hydrogen-bond acceptors (Lipinski definition) is 6. The van der Waals surface area contributed by atoms with Crippen molar-refractivity contribution in [2.75, 3.05) is 46.3 Å². The topological polar surface area (TPSA) is 74.9 Å². The molecule has 0 spiro atoms. The second-order valence-corrected chi connectivity index (χ2v) is 8.34. The molecule has 3 aromatic rings. The van der Waals surface area contributed by atoms with Crippen molar-refractivity contribution in [3.05, 3.63) is 33.7 Å². The van der Waals surface area contributed by atoms with Crippen molar-refractivity contribution in [2.24, 2.45) is 0 Å². The zero-order valence-corrected chi connectivity index (χ0v) is 17.2. The number of likely N-dealkylation sites (N-methyl/N-ethyl adjacent to an activating group) is 1. The average Bonchev–Trinajstić information content (AvgIpc) is 3.26. The number of nitrogens with zero attached hydrogens (tertiary/aromatic N) is 5. The van der Waals surface area contributed by atoms with Crippen LogP contribution in [0.25, 0.3) is 15.7 Å². The Kier molecular flexibility index (Phi) is 5.47. The molecule has 0 aromatic carbocycles. The van der Waals surface area contributed by atoms with Crippen LogP contribution in [0.15, 0.2) is 22.3 Å². The fraction of sp³-hybridized carbons (Fsp3) is 0.526. The Morgan fingerprint density at radius 3 is 2.82 bits per heavy atom. The maximum absolute atomic E-state index is 12.7. The van der Waals surface area contributed by atoms with Crippen molar-refractivity contribution in [1.82, 2.24) is 29.3 Å². The summed E-state index contributed by atoms with van der Waals surface area (Å²) in [6.07, 6.45) is 0.908. The van der Waals surface area contributed by atoms with Gasteiger partial charge in [-0.3, -0.25) is 14.0 Å². The summed E-state index contributed by atoms with van der Waals surface area (Å²) in [6, 6.07) is 3.86. The van der Waals surface area contributed by atoms with Gasteiger partial charge in [-0.1, -0.05) is 0 Å². The Labute approximate surface area is 167 Å². The van der Waals surface area contributed by atoms with Gasteiger partial charge >= 0.3 is 0 Å². The lowest BCUT2D eigenvalue weighted by molar-refractivity contribution is -0.121. The maximum atomic E-state index is 12.7. The van der Waals surface area contributed by atoms with E-state index in [1.165, 1.54) is 4.68 Å². The third-order valence-electron chi connectivity index (χ3n) is 5.33. The van der Waals surface area contributed by atoms with Crippen LogP contribution in [0.2, 0.25) is 0 Å². The van der Waals surface area contributed by atoms with Crippen molar-refractivity contribution in [3.8, 4) is 0 Å². The summed E-state index contributed by atoms with van der Waals surface area (Å²) in [7, 11) is 2.14. The molecule has 28 heavy (non-hydrogen) atoms. The maximum Gasteiger partial charge on any atom is 0.291 e. The molecule has 0 aliphatic carbocycles. The number of carbonyl (C=O) groups excluding carboxylic acids is 1. The van der Waals surface area contributed by atoms with Crippen molar-refractivity contribution < 1.29 is 4.79 Å². The molecule has 9 heteroatoms. The quantitative estimate of drug-likeness (QED) is 0.617. The number of amides is 1. The minimum absolute atomic E-state index is 0.0521. The van der Waals surface area contributed by atoms with Crippen molar-refractivity contribution in [3.63, 3.8) is 0 Å². The molecule has 1 saturated heterocycles. The number of aryl methyl sites for hydroxylation is 1. The number of piperazine rings is 1. The number of aromatic nitrogens is 3. The van der Waals surface area contributed by atoms with Gasteiger partial charge in [-0.15, -0.1) is 11.3 Å². The molecule has 1 fully saturated rings. The first-order valence-electron chi connectivity index (χ1n) is 9.67. The van der Waals surface area contributed by atoms with Gasteiger partial charge < -0.3 is 15.1 Å². The molecular formula is C19H26N6O2S. The molecule has 4 heterocycles. The van der Waals surface area contributed by atoms with Crippen LogP contribution in [-0.2, 0) is 11.3 Å². The minimum Gasteiger partial charge on any atom is -0.354 e. The first kappa shape index (κ1) is 19.1. The van der Waals surface area contributed by atoms with Gasteiger partial charge in [0.1, 0.15) is 17.9 Å². The van der Waals surface area contributed by atoms with Crippen LogP contribution >= 0.6 is 11.3 Å². The van der Waals surface area contributed by atoms with E-state index in [0.717, 1.165) is 49.4 Å².